The largest absolute Gasteiger partial charge is 0.493 e. The van der Waals surface area contributed by atoms with Crippen LogP contribution in [0.4, 0.5) is 0 Å². The van der Waals surface area contributed by atoms with Crippen molar-refractivity contribution in [3.63, 3.8) is 0 Å². The molecule has 1 unspecified atom stereocenters. The Morgan fingerprint density at radius 3 is 2.62 bits per heavy atom. The first-order valence-electron chi connectivity index (χ1n) is 12.6. The van der Waals surface area contributed by atoms with Crippen molar-refractivity contribution in [1.82, 2.24) is 9.47 Å². The maximum atomic E-state index is 11.7. The van der Waals surface area contributed by atoms with Gasteiger partial charge in [-0.1, -0.05) is 30.3 Å². The lowest BCUT2D eigenvalue weighted by molar-refractivity contribution is 0.0600. The van der Waals surface area contributed by atoms with Crippen molar-refractivity contribution >= 4 is 16.9 Å². The van der Waals surface area contributed by atoms with Crippen LogP contribution in [0, 0.1) is 0 Å². The summed E-state index contributed by atoms with van der Waals surface area (Å²) in [6.07, 6.45) is 1.82. The van der Waals surface area contributed by atoms with Gasteiger partial charge in [-0.2, -0.15) is 0 Å². The highest BCUT2D eigenvalue weighted by Gasteiger charge is 2.35. The molecule has 7 heteroatoms. The number of para-hydroxylation sites is 1. The molecule has 0 amide bonds. The van der Waals surface area contributed by atoms with Crippen LogP contribution >= 0.6 is 0 Å². The first-order chi connectivity index (χ1) is 18.1. The van der Waals surface area contributed by atoms with Crippen LogP contribution in [0.15, 0.2) is 60.7 Å². The minimum atomic E-state index is -0.353. The monoisotopic (exact) mass is 498 g/mol. The molecule has 3 heterocycles. The van der Waals surface area contributed by atoms with Crippen molar-refractivity contribution < 1.29 is 24.1 Å². The van der Waals surface area contributed by atoms with Crippen LogP contribution < -0.4 is 9.47 Å². The number of rotatable bonds is 6. The molecular formula is C30H30N2O5. The van der Waals surface area contributed by atoms with Gasteiger partial charge in [-0.15, -0.1) is 0 Å². The van der Waals surface area contributed by atoms with Crippen LogP contribution in [0.3, 0.4) is 0 Å². The Bertz CT molecular complexity index is 1470. The van der Waals surface area contributed by atoms with E-state index < -0.39 is 0 Å². The summed E-state index contributed by atoms with van der Waals surface area (Å²) in [6.45, 7) is 2.13. The lowest BCUT2D eigenvalue weighted by atomic mass is 9.85. The number of nitrogens with zero attached hydrogens (tertiary/aromatic N) is 2. The zero-order valence-corrected chi connectivity index (χ0v) is 21.1. The van der Waals surface area contributed by atoms with Gasteiger partial charge in [-0.05, 0) is 65.4 Å². The summed E-state index contributed by atoms with van der Waals surface area (Å²) < 4.78 is 18.8. The van der Waals surface area contributed by atoms with E-state index >= 15 is 0 Å². The van der Waals surface area contributed by atoms with Gasteiger partial charge < -0.3 is 23.9 Å². The third-order valence-electron chi connectivity index (χ3n) is 7.75. The molecule has 0 bridgehead atoms. The average Bonchev–Trinajstić information content (AvgIpc) is 3.26. The molecule has 1 aromatic heterocycles. The SMILES string of the molecule is COC(=O)c1ccc(COc2cc3c(cc2OC)C2Cc4c(n(CO)c5ccccc45)CN2CC3)cc1. The second-order valence-electron chi connectivity index (χ2n) is 9.63. The van der Waals surface area contributed by atoms with Crippen LogP contribution in [-0.2, 0) is 37.5 Å². The summed E-state index contributed by atoms with van der Waals surface area (Å²) in [6, 6.07) is 20.1. The van der Waals surface area contributed by atoms with E-state index in [4.69, 9.17) is 14.2 Å². The van der Waals surface area contributed by atoms with E-state index in [1.165, 1.54) is 34.9 Å². The van der Waals surface area contributed by atoms with Crippen molar-refractivity contribution in [3.05, 3.63) is 94.2 Å². The third-order valence-corrected chi connectivity index (χ3v) is 7.75. The number of carbonyl (C=O) groups is 1. The van der Waals surface area contributed by atoms with E-state index in [0.29, 0.717) is 12.2 Å². The number of aromatic nitrogens is 1. The van der Waals surface area contributed by atoms with Crippen molar-refractivity contribution in [2.24, 2.45) is 0 Å². The predicted molar refractivity (Wildman–Crippen MR) is 140 cm³/mol. The molecule has 6 rings (SSSR count). The standard InChI is InChI=1S/C30H30N2O5/c1-35-28-15-23-21(13-29(28)37-17-19-7-9-20(10-8-19)30(34)36-2)11-12-31-16-27-24(14-26(23)31)22-5-3-4-6-25(22)32(27)18-33/h3-10,13,15,26,33H,11-12,14,16-18H2,1-2H3. The number of ether oxygens (including phenoxy) is 3. The predicted octanol–water partition coefficient (Wildman–Crippen LogP) is 4.62. The minimum absolute atomic E-state index is 0.00905. The molecule has 3 aromatic carbocycles. The molecule has 1 atom stereocenters. The summed E-state index contributed by atoms with van der Waals surface area (Å²) in [5, 5.41) is 11.3. The number of hydrogen-bond acceptors (Lipinski definition) is 6. The molecule has 2 aliphatic heterocycles. The van der Waals surface area contributed by atoms with E-state index in [9.17, 15) is 9.90 Å². The molecular weight excluding hydrogens is 468 g/mol. The van der Waals surface area contributed by atoms with Gasteiger partial charge in [-0.3, -0.25) is 4.90 Å². The summed E-state index contributed by atoms with van der Waals surface area (Å²) in [5.41, 5.74) is 7.67. The maximum Gasteiger partial charge on any atom is 0.337 e. The molecule has 0 aliphatic carbocycles. The number of carbonyl (C=O) groups excluding carboxylic acids is 1. The van der Waals surface area contributed by atoms with Gasteiger partial charge in [0, 0.05) is 30.2 Å². The Kier molecular flexibility index (Phi) is 6.10. The number of hydrogen-bond donors (Lipinski definition) is 1. The smallest absolute Gasteiger partial charge is 0.337 e. The molecule has 1 N–H and O–H groups in total. The van der Waals surface area contributed by atoms with Crippen LogP contribution in [0.25, 0.3) is 10.9 Å². The molecule has 7 nitrogen and oxygen atoms in total. The highest BCUT2D eigenvalue weighted by atomic mass is 16.5. The summed E-state index contributed by atoms with van der Waals surface area (Å²) in [4.78, 5) is 14.2. The lowest BCUT2D eigenvalue weighted by Crippen LogP contribution is -2.39. The number of methoxy groups -OCH3 is 2. The first kappa shape index (κ1) is 23.6. The number of aliphatic hydroxyl groups excluding tert-OH is 1. The second kappa shape index (κ2) is 9.57. The highest BCUT2D eigenvalue weighted by Crippen LogP contribution is 2.44. The fourth-order valence-electron chi connectivity index (χ4n) is 5.86. The Morgan fingerprint density at radius 1 is 1.05 bits per heavy atom. The second-order valence-corrected chi connectivity index (χ2v) is 9.63. The van der Waals surface area contributed by atoms with Crippen molar-refractivity contribution in [3.8, 4) is 11.5 Å². The lowest BCUT2D eigenvalue weighted by Gasteiger charge is -2.41. The molecule has 37 heavy (non-hydrogen) atoms. The van der Waals surface area contributed by atoms with Gasteiger partial charge in [0.25, 0.3) is 0 Å². The highest BCUT2D eigenvalue weighted by molar-refractivity contribution is 5.89. The fourth-order valence-corrected chi connectivity index (χ4v) is 5.86. The molecule has 0 saturated carbocycles. The summed E-state index contributed by atoms with van der Waals surface area (Å²) >= 11 is 0. The minimum Gasteiger partial charge on any atom is -0.493 e. The van der Waals surface area contributed by atoms with Crippen molar-refractivity contribution in [2.75, 3.05) is 20.8 Å². The molecule has 0 saturated heterocycles. The Hall–Kier alpha value is -3.81. The van der Waals surface area contributed by atoms with Gasteiger partial charge in [-0.25, -0.2) is 4.79 Å². The van der Waals surface area contributed by atoms with Crippen LogP contribution in [0.1, 0.15) is 44.3 Å². The van der Waals surface area contributed by atoms with Gasteiger partial charge in [0.15, 0.2) is 11.5 Å². The molecule has 4 aromatic rings. The number of esters is 1. The quantitative estimate of drug-likeness (QED) is 0.391. The van der Waals surface area contributed by atoms with Gasteiger partial charge in [0.1, 0.15) is 13.3 Å². The zero-order chi connectivity index (χ0) is 25.5. The molecule has 0 spiro atoms. The first-order valence-corrected chi connectivity index (χ1v) is 12.6. The Labute approximate surface area is 215 Å². The Balaban J connectivity index is 1.28. The summed E-state index contributed by atoms with van der Waals surface area (Å²) in [5.74, 6) is 1.09. The fraction of sp³-hybridized carbons (Fsp3) is 0.300. The summed E-state index contributed by atoms with van der Waals surface area (Å²) in [7, 11) is 3.05. The van der Waals surface area contributed by atoms with Crippen LogP contribution in [-0.4, -0.2) is 41.3 Å². The zero-order valence-electron chi connectivity index (χ0n) is 21.1. The molecule has 190 valence electrons. The normalized spacial score (nSPS) is 16.6. The van der Waals surface area contributed by atoms with Gasteiger partial charge >= 0.3 is 5.97 Å². The molecule has 2 aliphatic rings. The topological polar surface area (TPSA) is 73.2 Å². The van der Waals surface area contributed by atoms with Crippen LogP contribution in [0.5, 0.6) is 11.5 Å². The number of fused-ring (bicyclic) bond motifs is 6. The molecule has 0 radical (unpaired) electrons. The van der Waals surface area contributed by atoms with Gasteiger partial charge in [0.05, 0.1) is 25.3 Å². The molecule has 0 fully saturated rings. The average molecular weight is 499 g/mol. The number of aliphatic hydroxyl groups is 1. The third kappa shape index (κ3) is 4.04. The van der Waals surface area contributed by atoms with E-state index in [-0.39, 0.29) is 18.7 Å². The van der Waals surface area contributed by atoms with E-state index in [1.807, 2.05) is 22.8 Å². The van der Waals surface area contributed by atoms with E-state index in [1.54, 1.807) is 19.2 Å². The van der Waals surface area contributed by atoms with Gasteiger partial charge in [0.2, 0.25) is 0 Å². The maximum absolute atomic E-state index is 11.7. The van der Waals surface area contributed by atoms with E-state index in [2.05, 4.69) is 35.2 Å². The van der Waals surface area contributed by atoms with E-state index in [0.717, 1.165) is 48.5 Å². The van der Waals surface area contributed by atoms with Crippen molar-refractivity contribution in [2.45, 2.75) is 38.8 Å². The Morgan fingerprint density at radius 2 is 1.86 bits per heavy atom. The van der Waals surface area contributed by atoms with Crippen LogP contribution in [0.2, 0.25) is 0 Å². The van der Waals surface area contributed by atoms with Crippen molar-refractivity contribution in [1.29, 1.82) is 0 Å². The number of benzene rings is 3.